The molecule has 1 aromatic heterocycles. The first-order valence-corrected chi connectivity index (χ1v) is 6.94. The predicted molar refractivity (Wildman–Crippen MR) is 74.5 cm³/mol. The number of hydrogen-bond donors (Lipinski definition) is 2. The lowest BCUT2D eigenvalue weighted by Crippen LogP contribution is -2.56. The molecule has 4 nitrogen and oxygen atoms in total. The van der Waals surface area contributed by atoms with Crippen molar-refractivity contribution in [3.63, 3.8) is 0 Å². The Morgan fingerprint density at radius 1 is 1.53 bits per heavy atom. The minimum absolute atomic E-state index is 0.0193. The molecule has 0 unspecified atom stereocenters. The number of carbonyl (C=O) groups is 1. The molecule has 1 aliphatic rings. The van der Waals surface area contributed by atoms with E-state index in [0.717, 1.165) is 25.0 Å². The molecule has 0 bridgehead atoms. The van der Waals surface area contributed by atoms with Gasteiger partial charge in [0.2, 0.25) is 0 Å². The second-order valence-corrected chi connectivity index (χ2v) is 5.89. The van der Waals surface area contributed by atoms with E-state index in [1.807, 2.05) is 13.8 Å². The number of carbonyl (C=O) groups excluding carboxylic acids is 1. The molecule has 5 heteroatoms. The molecule has 1 aromatic rings. The standard InChI is InChI=1S/C14H19ClN2O2/c1-9(2)11-6-10(7-12(15)16-11)13(19)17-14(8-18)4-3-5-14/h6-7,9,18H,3-5,8H2,1-2H3,(H,17,19). The van der Waals surface area contributed by atoms with Gasteiger partial charge in [-0.25, -0.2) is 4.98 Å². The van der Waals surface area contributed by atoms with Crippen molar-refractivity contribution in [3.8, 4) is 0 Å². The Hall–Kier alpha value is -1.13. The van der Waals surface area contributed by atoms with Crippen molar-refractivity contribution in [2.45, 2.75) is 44.6 Å². The third-order valence-corrected chi connectivity index (χ3v) is 3.85. The zero-order chi connectivity index (χ0) is 14.0. The molecule has 0 radical (unpaired) electrons. The highest BCUT2D eigenvalue weighted by Gasteiger charge is 2.37. The maximum atomic E-state index is 12.2. The van der Waals surface area contributed by atoms with Crippen molar-refractivity contribution < 1.29 is 9.90 Å². The maximum Gasteiger partial charge on any atom is 0.251 e. The minimum Gasteiger partial charge on any atom is -0.394 e. The van der Waals surface area contributed by atoms with Gasteiger partial charge >= 0.3 is 0 Å². The lowest BCUT2D eigenvalue weighted by molar-refractivity contribution is 0.0641. The summed E-state index contributed by atoms with van der Waals surface area (Å²) in [6.45, 7) is 3.98. The van der Waals surface area contributed by atoms with Gasteiger partial charge < -0.3 is 10.4 Å². The summed E-state index contributed by atoms with van der Waals surface area (Å²) in [4.78, 5) is 16.4. The van der Waals surface area contributed by atoms with Gasteiger partial charge in [-0.1, -0.05) is 25.4 Å². The van der Waals surface area contributed by atoms with Gasteiger partial charge in [-0.2, -0.15) is 0 Å². The number of nitrogens with zero attached hydrogens (tertiary/aromatic N) is 1. The van der Waals surface area contributed by atoms with Gasteiger partial charge in [-0.3, -0.25) is 4.79 Å². The van der Waals surface area contributed by atoms with Gasteiger partial charge in [0, 0.05) is 11.3 Å². The van der Waals surface area contributed by atoms with Crippen molar-refractivity contribution in [1.82, 2.24) is 10.3 Å². The molecule has 1 saturated carbocycles. The Morgan fingerprint density at radius 3 is 2.68 bits per heavy atom. The van der Waals surface area contributed by atoms with Gasteiger partial charge in [-0.05, 0) is 37.3 Å². The monoisotopic (exact) mass is 282 g/mol. The number of hydrogen-bond acceptors (Lipinski definition) is 3. The molecule has 1 heterocycles. The van der Waals surface area contributed by atoms with Crippen LogP contribution in [0.25, 0.3) is 0 Å². The highest BCUT2D eigenvalue weighted by Crippen LogP contribution is 2.31. The lowest BCUT2D eigenvalue weighted by Gasteiger charge is -2.41. The van der Waals surface area contributed by atoms with E-state index in [9.17, 15) is 9.90 Å². The van der Waals surface area contributed by atoms with Crippen LogP contribution in [0.2, 0.25) is 5.15 Å². The maximum absolute atomic E-state index is 12.2. The van der Waals surface area contributed by atoms with E-state index < -0.39 is 5.54 Å². The zero-order valence-corrected chi connectivity index (χ0v) is 12.0. The normalized spacial score (nSPS) is 17.1. The number of aliphatic hydroxyl groups is 1. The van der Waals surface area contributed by atoms with E-state index in [-0.39, 0.29) is 18.4 Å². The summed E-state index contributed by atoms with van der Waals surface area (Å²) in [5, 5.41) is 12.6. The largest absolute Gasteiger partial charge is 0.394 e. The van der Waals surface area contributed by atoms with Crippen LogP contribution in [0.1, 0.15) is 55.1 Å². The number of aromatic nitrogens is 1. The second-order valence-electron chi connectivity index (χ2n) is 5.50. The van der Waals surface area contributed by atoms with Crippen molar-refractivity contribution in [2.75, 3.05) is 6.61 Å². The molecule has 0 aromatic carbocycles. The van der Waals surface area contributed by atoms with Crippen molar-refractivity contribution in [1.29, 1.82) is 0 Å². The Bertz CT molecular complexity index is 479. The van der Waals surface area contributed by atoms with Crippen molar-refractivity contribution in [3.05, 3.63) is 28.5 Å². The van der Waals surface area contributed by atoms with Gasteiger partial charge in [-0.15, -0.1) is 0 Å². The topological polar surface area (TPSA) is 62.2 Å². The van der Waals surface area contributed by atoms with Crippen molar-refractivity contribution >= 4 is 17.5 Å². The third-order valence-electron chi connectivity index (χ3n) is 3.66. The first-order valence-electron chi connectivity index (χ1n) is 6.57. The smallest absolute Gasteiger partial charge is 0.251 e. The first-order chi connectivity index (χ1) is 8.96. The molecule has 19 heavy (non-hydrogen) atoms. The van der Waals surface area contributed by atoms with Crippen LogP contribution in [-0.4, -0.2) is 28.1 Å². The minimum atomic E-state index is -0.440. The highest BCUT2D eigenvalue weighted by molar-refractivity contribution is 6.29. The van der Waals surface area contributed by atoms with E-state index >= 15 is 0 Å². The Balaban J connectivity index is 2.19. The van der Waals surface area contributed by atoms with Crippen LogP contribution in [0, 0.1) is 0 Å². The van der Waals surface area contributed by atoms with Gasteiger partial charge in [0.25, 0.3) is 5.91 Å². The molecule has 1 amide bonds. The average molecular weight is 283 g/mol. The number of nitrogens with one attached hydrogen (secondary N) is 1. The number of halogens is 1. The molecular weight excluding hydrogens is 264 g/mol. The molecule has 2 rings (SSSR count). The summed E-state index contributed by atoms with van der Waals surface area (Å²) in [5.41, 5.74) is 0.859. The predicted octanol–water partition coefficient (Wildman–Crippen LogP) is 2.50. The van der Waals surface area contributed by atoms with Crippen LogP contribution in [0.3, 0.4) is 0 Å². The quantitative estimate of drug-likeness (QED) is 0.834. The molecule has 2 N–H and O–H groups in total. The third kappa shape index (κ3) is 3.07. The van der Waals surface area contributed by atoms with Crippen LogP contribution in [0.15, 0.2) is 12.1 Å². The highest BCUT2D eigenvalue weighted by atomic mass is 35.5. The molecule has 0 atom stereocenters. The molecule has 1 aliphatic carbocycles. The van der Waals surface area contributed by atoms with Crippen LogP contribution in [-0.2, 0) is 0 Å². The van der Waals surface area contributed by atoms with Crippen molar-refractivity contribution in [2.24, 2.45) is 0 Å². The van der Waals surface area contributed by atoms with Crippen LogP contribution < -0.4 is 5.32 Å². The zero-order valence-electron chi connectivity index (χ0n) is 11.2. The van der Waals surface area contributed by atoms with Crippen LogP contribution >= 0.6 is 11.6 Å². The number of pyridine rings is 1. The summed E-state index contributed by atoms with van der Waals surface area (Å²) in [6.07, 6.45) is 2.69. The molecule has 0 saturated heterocycles. The Labute approximate surface area is 118 Å². The molecule has 0 spiro atoms. The second kappa shape index (κ2) is 5.47. The van der Waals surface area contributed by atoms with Gasteiger partial charge in [0.15, 0.2) is 0 Å². The fraction of sp³-hybridized carbons (Fsp3) is 0.571. The first kappa shape index (κ1) is 14.3. The van der Waals surface area contributed by atoms with E-state index in [4.69, 9.17) is 11.6 Å². The summed E-state index contributed by atoms with van der Waals surface area (Å²) in [5.74, 6) is 0.0145. The fourth-order valence-corrected chi connectivity index (χ4v) is 2.40. The van der Waals surface area contributed by atoms with Gasteiger partial charge in [0.1, 0.15) is 5.15 Å². The summed E-state index contributed by atoms with van der Waals surface area (Å²) < 4.78 is 0. The Kier molecular flexibility index (Phi) is 4.11. The SMILES string of the molecule is CC(C)c1cc(C(=O)NC2(CO)CCC2)cc(Cl)n1. The number of rotatable bonds is 4. The Morgan fingerprint density at radius 2 is 2.21 bits per heavy atom. The molecule has 104 valence electrons. The van der Waals surface area contributed by atoms with Crippen LogP contribution in [0.5, 0.6) is 0 Å². The summed E-state index contributed by atoms with van der Waals surface area (Å²) in [6, 6.07) is 3.32. The van der Waals surface area contributed by atoms with Gasteiger partial charge in [0.05, 0.1) is 12.1 Å². The van der Waals surface area contributed by atoms with Crippen LogP contribution in [0.4, 0.5) is 0 Å². The van der Waals surface area contributed by atoms with E-state index in [1.165, 1.54) is 0 Å². The van der Waals surface area contributed by atoms with E-state index in [0.29, 0.717) is 10.7 Å². The number of aliphatic hydroxyl groups excluding tert-OH is 1. The summed E-state index contributed by atoms with van der Waals surface area (Å²) >= 11 is 5.95. The lowest BCUT2D eigenvalue weighted by atomic mass is 9.77. The molecule has 1 fully saturated rings. The molecular formula is C14H19ClN2O2. The number of amides is 1. The summed E-state index contributed by atoms with van der Waals surface area (Å²) in [7, 11) is 0. The fourth-order valence-electron chi connectivity index (χ4n) is 2.18. The van der Waals surface area contributed by atoms with E-state index in [1.54, 1.807) is 12.1 Å². The average Bonchev–Trinajstić information content (AvgIpc) is 2.32. The van der Waals surface area contributed by atoms with E-state index in [2.05, 4.69) is 10.3 Å². The molecule has 0 aliphatic heterocycles.